The van der Waals surface area contributed by atoms with Crippen LogP contribution in [0.1, 0.15) is 10.5 Å². The van der Waals surface area contributed by atoms with E-state index in [0.717, 1.165) is 12.1 Å². The molecule has 0 bridgehead atoms. The van der Waals surface area contributed by atoms with Crippen LogP contribution in [0.25, 0.3) is 0 Å². The highest BCUT2D eigenvalue weighted by molar-refractivity contribution is 8.45. The summed E-state index contributed by atoms with van der Waals surface area (Å²) in [7, 11) is -9.73. The van der Waals surface area contributed by atoms with Crippen LogP contribution in [0.5, 0.6) is 5.88 Å². The molecular formula is C11H8F5N3O2S. The number of carbonyl (C=O) groups is 1. The lowest BCUT2D eigenvalue weighted by Gasteiger charge is -2.40. The Morgan fingerprint density at radius 2 is 1.55 bits per heavy atom. The third-order valence-corrected chi connectivity index (χ3v) is 3.60. The van der Waals surface area contributed by atoms with Crippen molar-refractivity contribution in [1.29, 1.82) is 0 Å². The van der Waals surface area contributed by atoms with Gasteiger partial charge in [0.25, 0.3) is 5.91 Å². The number of nitrogens with zero attached hydrogens (tertiary/aromatic N) is 2. The zero-order chi connectivity index (χ0) is 16.7. The number of hydrogen-bond donors (Lipinski definition) is 2. The molecule has 0 spiro atoms. The smallest absolute Gasteiger partial charge is 0.310 e. The van der Waals surface area contributed by atoms with Crippen LogP contribution in [0.3, 0.4) is 0 Å². The predicted octanol–water partition coefficient (Wildman–Crippen LogP) is 4.09. The predicted molar refractivity (Wildman–Crippen MR) is 69.5 cm³/mol. The van der Waals surface area contributed by atoms with E-state index in [1.54, 1.807) is 0 Å². The van der Waals surface area contributed by atoms with Gasteiger partial charge in [-0.25, -0.2) is 0 Å². The average molecular weight is 341 g/mol. The van der Waals surface area contributed by atoms with Gasteiger partial charge in [0.05, 0.1) is 0 Å². The molecule has 0 atom stereocenters. The first-order valence-corrected chi connectivity index (χ1v) is 7.48. The lowest BCUT2D eigenvalue weighted by Crippen LogP contribution is -2.14. The number of halogens is 5. The maximum absolute atomic E-state index is 12.5. The molecule has 0 saturated heterocycles. The molecule has 1 aromatic heterocycles. The van der Waals surface area contributed by atoms with Crippen LogP contribution in [-0.2, 0) is 0 Å². The van der Waals surface area contributed by atoms with E-state index in [1.807, 2.05) is 0 Å². The van der Waals surface area contributed by atoms with E-state index >= 15 is 0 Å². The fourth-order valence-electron chi connectivity index (χ4n) is 1.44. The average Bonchev–Trinajstić information content (AvgIpc) is 2.37. The maximum atomic E-state index is 12.5. The van der Waals surface area contributed by atoms with Crippen LogP contribution in [0.4, 0.5) is 25.1 Å². The second-order valence-electron chi connectivity index (χ2n) is 4.22. The van der Waals surface area contributed by atoms with Crippen molar-refractivity contribution in [2.24, 2.45) is 0 Å². The molecule has 2 aromatic rings. The van der Waals surface area contributed by atoms with Crippen LogP contribution in [0, 0.1) is 0 Å². The highest BCUT2D eigenvalue weighted by Crippen LogP contribution is 3.02. The summed E-state index contributed by atoms with van der Waals surface area (Å²) in [5.41, 5.74) is -0.347. The van der Waals surface area contributed by atoms with Crippen LogP contribution >= 0.6 is 10.2 Å². The van der Waals surface area contributed by atoms with Crippen molar-refractivity contribution in [1.82, 2.24) is 10.2 Å². The van der Waals surface area contributed by atoms with Crippen molar-refractivity contribution in [3.05, 3.63) is 42.1 Å². The van der Waals surface area contributed by atoms with Gasteiger partial charge in [-0.1, -0.05) is 19.4 Å². The lowest BCUT2D eigenvalue weighted by atomic mass is 10.3. The summed E-state index contributed by atoms with van der Waals surface area (Å²) in [6.07, 6.45) is 0. The number of aromatic hydroxyl groups is 1. The second-order valence-corrected chi connectivity index (χ2v) is 6.63. The van der Waals surface area contributed by atoms with Gasteiger partial charge >= 0.3 is 10.2 Å². The lowest BCUT2D eigenvalue weighted by molar-refractivity contribution is 0.102. The number of hydrogen-bond acceptors (Lipinski definition) is 4. The number of anilines is 1. The molecule has 22 heavy (non-hydrogen) atoms. The van der Waals surface area contributed by atoms with Crippen molar-refractivity contribution >= 4 is 21.8 Å². The molecule has 1 heterocycles. The summed E-state index contributed by atoms with van der Waals surface area (Å²) in [4.78, 5) is 9.62. The Morgan fingerprint density at radius 3 is 2.00 bits per heavy atom. The first kappa shape index (κ1) is 15.9. The number of nitrogens with one attached hydrogen (secondary N) is 1. The summed E-state index contributed by atoms with van der Waals surface area (Å²) in [6, 6.07) is 3.96. The fourth-order valence-corrected chi connectivity index (χ4v) is 2.09. The third kappa shape index (κ3) is 3.81. The highest BCUT2D eigenvalue weighted by atomic mass is 32.5. The van der Waals surface area contributed by atoms with Gasteiger partial charge < -0.3 is 10.4 Å². The van der Waals surface area contributed by atoms with E-state index in [9.17, 15) is 24.2 Å². The molecule has 1 aromatic carbocycles. The molecule has 11 heteroatoms. The van der Waals surface area contributed by atoms with E-state index in [2.05, 4.69) is 15.5 Å². The quantitative estimate of drug-likeness (QED) is 0.825. The Labute approximate surface area is 120 Å². The SMILES string of the molecule is O=C(Nc1ccc(S(F)(F)(F)(F)F)cc1)c1ccc(O)nn1. The number of amides is 1. The number of rotatable bonds is 3. The molecule has 0 aliphatic heterocycles. The van der Waals surface area contributed by atoms with Gasteiger partial charge in [-0.15, -0.1) is 10.2 Å². The Morgan fingerprint density at radius 1 is 0.955 bits per heavy atom. The van der Waals surface area contributed by atoms with E-state index in [4.69, 9.17) is 5.11 Å². The van der Waals surface area contributed by atoms with Gasteiger partial charge in [0, 0.05) is 11.8 Å². The molecule has 0 fully saturated rings. The topological polar surface area (TPSA) is 75.1 Å². The van der Waals surface area contributed by atoms with Crippen LogP contribution in [-0.4, -0.2) is 21.2 Å². The highest BCUT2D eigenvalue weighted by Gasteiger charge is 2.65. The molecule has 2 N–H and O–H groups in total. The number of carbonyl (C=O) groups excluding carboxylic acids is 1. The van der Waals surface area contributed by atoms with E-state index in [1.165, 1.54) is 0 Å². The summed E-state index contributed by atoms with van der Waals surface area (Å²) in [5, 5.41) is 17.6. The zero-order valence-corrected chi connectivity index (χ0v) is 11.3. The van der Waals surface area contributed by atoms with Gasteiger partial charge in [-0.3, -0.25) is 4.79 Å². The second kappa shape index (κ2) is 4.29. The van der Waals surface area contributed by atoms with Crippen molar-refractivity contribution in [2.45, 2.75) is 4.90 Å². The number of aromatic nitrogens is 2. The molecule has 0 aliphatic carbocycles. The molecule has 0 unspecified atom stereocenters. The van der Waals surface area contributed by atoms with Crippen molar-refractivity contribution in [3.8, 4) is 5.88 Å². The van der Waals surface area contributed by atoms with Gasteiger partial charge in [0.1, 0.15) is 4.90 Å². The van der Waals surface area contributed by atoms with Crippen LogP contribution in [0.15, 0.2) is 41.3 Å². The number of benzene rings is 1. The Hall–Kier alpha value is -2.43. The molecule has 0 radical (unpaired) electrons. The minimum absolute atomic E-state index is 0.134. The fraction of sp³-hybridized carbons (Fsp3) is 0. The standard InChI is InChI=1S/C11H8F5N3O2S/c12-22(13,14,15,16)8-3-1-7(2-4-8)17-11(21)9-5-6-10(20)19-18-9/h1-6H,(H,17,21)(H,19,20). The molecule has 2 rings (SSSR count). The van der Waals surface area contributed by atoms with Crippen molar-refractivity contribution in [3.63, 3.8) is 0 Å². The van der Waals surface area contributed by atoms with E-state index in [-0.39, 0.29) is 23.5 Å². The van der Waals surface area contributed by atoms with Gasteiger partial charge in [-0.05, 0) is 30.3 Å². The molecule has 0 saturated carbocycles. The zero-order valence-electron chi connectivity index (χ0n) is 10.5. The summed E-state index contributed by atoms with van der Waals surface area (Å²) in [6.45, 7) is 0. The molecule has 1 amide bonds. The van der Waals surface area contributed by atoms with Gasteiger partial charge in [0.2, 0.25) is 5.88 Å². The molecular weight excluding hydrogens is 333 g/mol. The monoisotopic (exact) mass is 341 g/mol. The summed E-state index contributed by atoms with van der Waals surface area (Å²) < 4.78 is 62.6. The minimum Gasteiger partial charge on any atom is -0.492 e. The van der Waals surface area contributed by atoms with E-state index in [0.29, 0.717) is 12.1 Å². The maximum Gasteiger partial charge on any atom is 0.310 e. The normalized spacial score (nSPS) is 14.8. The van der Waals surface area contributed by atoms with Crippen LogP contribution < -0.4 is 5.32 Å². The van der Waals surface area contributed by atoms with Crippen LogP contribution in [0.2, 0.25) is 0 Å². The molecule has 0 aliphatic rings. The third-order valence-electron chi connectivity index (χ3n) is 2.44. The van der Waals surface area contributed by atoms with Crippen molar-refractivity contribution < 1.29 is 29.3 Å². The summed E-state index contributed by atoms with van der Waals surface area (Å²) in [5.74, 6) is -1.25. The molecule has 120 valence electrons. The first-order chi connectivity index (χ1) is 9.85. The first-order valence-electron chi connectivity index (χ1n) is 5.53. The Kier molecular flexibility index (Phi) is 3.11. The van der Waals surface area contributed by atoms with Crippen molar-refractivity contribution in [2.75, 3.05) is 5.32 Å². The Bertz CT molecular complexity index is 716. The van der Waals surface area contributed by atoms with Gasteiger partial charge in [-0.2, -0.15) is 0 Å². The summed E-state index contributed by atoms with van der Waals surface area (Å²) >= 11 is 0. The largest absolute Gasteiger partial charge is 0.492 e. The minimum atomic E-state index is -9.73. The molecule has 5 nitrogen and oxygen atoms in total. The van der Waals surface area contributed by atoms with E-state index < -0.39 is 26.9 Å². The Balaban J connectivity index is 2.19. The van der Waals surface area contributed by atoms with Gasteiger partial charge in [0.15, 0.2) is 5.69 Å².